The lowest BCUT2D eigenvalue weighted by Crippen LogP contribution is -2.30. The molecule has 0 fully saturated rings. The van der Waals surface area contributed by atoms with E-state index < -0.39 is 0 Å². The van der Waals surface area contributed by atoms with Crippen LogP contribution in [-0.2, 0) is 6.54 Å². The third-order valence-electron chi connectivity index (χ3n) is 3.02. The topological polar surface area (TPSA) is 41.0 Å². The highest BCUT2D eigenvalue weighted by molar-refractivity contribution is 7.98. The van der Waals surface area contributed by atoms with Crippen LogP contribution in [0.15, 0.2) is 12.1 Å². The molecule has 1 N–H and O–H groups in total. The lowest BCUT2D eigenvalue weighted by Gasteiger charge is -2.25. The fourth-order valence-electron chi connectivity index (χ4n) is 1.60. The van der Waals surface area contributed by atoms with Gasteiger partial charge in [0.05, 0.1) is 5.69 Å². The Bertz CT molecular complexity index is 328. The first-order valence-electron chi connectivity index (χ1n) is 6.44. The highest BCUT2D eigenvalue weighted by Gasteiger charge is 2.11. The van der Waals surface area contributed by atoms with E-state index in [9.17, 15) is 0 Å². The van der Waals surface area contributed by atoms with Gasteiger partial charge in [-0.1, -0.05) is 6.92 Å². The Morgan fingerprint density at radius 3 is 2.72 bits per heavy atom. The van der Waals surface area contributed by atoms with Gasteiger partial charge >= 0.3 is 0 Å². The molecular formula is C13H24N4S. The van der Waals surface area contributed by atoms with Crippen molar-refractivity contribution < 1.29 is 0 Å². The number of thioether (sulfide) groups is 1. The molecule has 5 heteroatoms. The molecule has 4 nitrogen and oxygen atoms in total. The van der Waals surface area contributed by atoms with Crippen LogP contribution in [0.25, 0.3) is 0 Å². The van der Waals surface area contributed by atoms with Crippen LogP contribution in [0.2, 0.25) is 0 Å². The molecule has 1 unspecified atom stereocenters. The third kappa shape index (κ3) is 4.82. The largest absolute Gasteiger partial charge is 0.355 e. The summed E-state index contributed by atoms with van der Waals surface area (Å²) in [6, 6.07) is 4.59. The molecule has 0 spiro atoms. The van der Waals surface area contributed by atoms with Gasteiger partial charge in [0.25, 0.3) is 0 Å². The van der Waals surface area contributed by atoms with Crippen molar-refractivity contribution in [2.45, 2.75) is 32.9 Å². The smallest absolute Gasteiger partial charge is 0.151 e. The summed E-state index contributed by atoms with van der Waals surface area (Å²) in [5, 5.41) is 11.8. The zero-order chi connectivity index (χ0) is 13.4. The Morgan fingerprint density at radius 1 is 1.39 bits per heavy atom. The molecule has 0 saturated carbocycles. The van der Waals surface area contributed by atoms with Crippen molar-refractivity contribution in [1.82, 2.24) is 15.5 Å². The highest BCUT2D eigenvalue weighted by atomic mass is 32.2. The summed E-state index contributed by atoms with van der Waals surface area (Å²) >= 11 is 1.88. The maximum atomic E-state index is 4.29. The molecule has 0 amide bonds. The van der Waals surface area contributed by atoms with Gasteiger partial charge in [-0.15, -0.1) is 5.10 Å². The second-order valence-electron chi connectivity index (χ2n) is 4.40. The molecule has 0 aromatic carbocycles. The van der Waals surface area contributed by atoms with E-state index in [0.717, 1.165) is 24.6 Å². The van der Waals surface area contributed by atoms with E-state index in [-0.39, 0.29) is 0 Å². The van der Waals surface area contributed by atoms with Crippen LogP contribution < -0.4 is 10.2 Å². The molecule has 0 saturated heterocycles. The van der Waals surface area contributed by atoms with Crippen LogP contribution in [-0.4, -0.2) is 41.8 Å². The van der Waals surface area contributed by atoms with Gasteiger partial charge in [0.15, 0.2) is 5.82 Å². The van der Waals surface area contributed by atoms with Crippen molar-refractivity contribution in [3.8, 4) is 0 Å². The number of rotatable bonds is 8. The van der Waals surface area contributed by atoms with Crippen LogP contribution in [0, 0.1) is 0 Å². The molecule has 0 aliphatic carbocycles. The minimum Gasteiger partial charge on any atom is -0.355 e. The third-order valence-corrected chi connectivity index (χ3v) is 3.67. The van der Waals surface area contributed by atoms with Gasteiger partial charge in [-0.05, 0) is 44.0 Å². The predicted molar refractivity (Wildman–Crippen MR) is 80.3 cm³/mol. The van der Waals surface area contributed by atoms with Gasteiger partial charge in [-0.2, -0.15) is 16.9 Å². The molecule has 1 atom stereocenters. The molecular weight excluding hydrogens is 244 g/mol. The summed E-state index contributed by atoms with van der Waals surface area (Å²) in [4.78, 5) is 2.19. The van der Waals surface area contributed by atoms with Crippen molar-refractivity contribution in [2.75, 3.05) is 30.5 Å². The maximum absolute atomic E-state index is 4.29. The Hall–Kier alpha value is -0.810. The Kier molecular flexibility index (Phi) is 7.05. The van der Waals surface area contributed by atoms with Crippen molar-refractivity contribution in [2.24, 2.45) is 0 Å². The number of aromatic nitrogens is 2. The van der Waals surface area contributed by atoms with Crippen LogP contribution in [0.3, 0.4) is 0 Å². The fraction of sp³-hybridized carbons (Fsp3) is 0.692. The van der Waals surface area contributed by atoms with E-state index in [0.29, 0.717) is 6.04 Å². The van der Waals surface area contributed by atoms with Crippen molar-refractivity contribution in [1.29, 1.82) is 0 Å². The monoisotopic (exact) mass is 268 g/mol. The minimum absolute atomic E-state index is 0.492. The Balaban J connectivity index is 2.55. The molecule has 102 valence electrons. The van der Waals surface area contributed by atoms with Crippen molar-refractivity contribution >= 4 is 17.6 Å². The van der Waals surface area contributed by atoms with Gasteiger partial charge in [0.1, 0.15) is 0 Å². The quantitative estimate of drug-likeness (QED) is 0.782. The summed E-state index contributed by atoms with van der Waals surface area (Å²) in [6.07, 6.45) is 3.31. The average Bonchev–Trinajstić information content (AvgIpc) is 2.42. The van der Waals surface area contributed by atoms with E-state index >= 15 is 0 Å². The van der Waals surface area contributed by atoms with Crippen LogP contribution in [0.1, 0.15) is 26.0 Å². The number of hydrogen-bond donors (Lipinski definition) is 1. The number of anilines is 1. The molecule has 18 heavy (non-hydrogen) atoms. The van der Waals surface area contributed by atoms with Gasteiger partial charge < -0.3 is 10.2 Å². The van der Waals surface area contributed by atoms with Gasteiger partial charge in [-0.25, -0.2) is 0 Å². The first kappa shape index (κ1) is 15.2. The van der Waals surface area contributed by atoms with Crippen LogP contribution in [0.4, 0.5) is 5.82 Å². The molecule has 1 aromatic heterocycles. The lowest BCUT2D eigenvalue weighted by molar-refractivity contribution is 0.651. The molecule has 1 heterocycles. The predicted octanol–water partition coefficient (Wildman–Crippen LogP) is 2.16. The van der Waals surface area contributed by atoms with Crippen molar-refractivity contribution in [3.63, 3.8) is 0 Å². The molecule has 0 aliphatic heterocycles. The van der Waals surface area contributed by atoms with E-state index in [1.54, 1.807) is 0 Å². The number of nitrogens with zero attached hydrogens (tertiary/aromatic N) is 3. The van der Waals surface area contributed by atoms with Gasteiger partial charge in [-0.3, -0.25) is 0 Å². The van der Waals surface area contributed by atoms with Gasteiger partial charge in [0.2, 0.25) is 0 Å². The van der Waals surface area contributed by atoms with E-state index in [2.05, 4.69) is 53.6 Å². The summed E-state index contributed by atoms with van der Waals surface area (Å²) < 4.78 is 0. The summed E-state index contributed by atoms with van der Waals surface area (Å²) in [5.74, 6) is 2.13. The SMILES string of the molecule is CCNCc1ccc(N(C)C(C)CCSC)nn1. The first-order valence-corrected chi connectivity index (χ1v) is 7.83. The van der Waals surface area contributed by atoms with E-state index in [1.807, 2.05) is 17.8 Å². The van der Waals surface area contributed by atoms with Crippen LogP contribution >= 0.6 is 11.8 Å². The Labute approximate surface area is 115 Å². The zero-order valence-corrected chi connectivity index (χ0v) is 12.6. The van der Waals surface area contributed by atoms with Crippen molar-refractivity contribution in [3.05, 3.63) is 17.8 Å². The fourth-order valence-corrected chi connectivity index (χ4v) is 2.17. The summed E-state index contributed by atoms with van der Waals surface area (Å²) in [6.45, 7) is 6.05. The zero-order valence-electron chi connectivity index (χ0n) is 11.8. The second kappa shape index (κ2) is 8.32. The molecule has 1 aromatic rings. The lowest BCUT2D eigenvalue weighted by atomic mass is 10.2. The Morgan fingerprint density at radius 2 is 2.17 bits per heavy atom. The minimum atomic E-state index is 0.492. The van der Waals surface area contributed by atoms with E-state index in [1.165, 1.54) is 12.2 Å². The molecule has 0 radical (unpaired) electrons. The normalized spacial score (nSPS) is 12.4. The second-order valence-corrected chi connectivity index (χ2v) is 5.39. The van der Waals surface area contributed by atoms with E-state index in [4.69, 9.17) is 0 Å². The van der Waals surface area contributed by atoms with Crippen LogP contribution in [0.5, 0.6) is 0 Å². The molecule has 0 aliphatic rings. The van der Waals surface area contributed by atoms with Gasteiger partial charge in [0, 0.05) is 19.6 Å². The summed E-state index contributed by atoms with van der Waals surface area (Å²) in [7, 11) is 2.08. The summed E-state index contributed by atoms with van der Waals surface area (Å²) in [5.41, 5.74) is 0.991. The number of nitrogens with one attached hydrogen (secondary N) is 1. The first-order chi connectivity index (χ1) is 8.69. The highest BCUT2D eigenvalue weighted by Crippen LogP contribution is 2.14. The molecule has 0 bridgehead atoms. The number of hydrogen-bond acceptors (Lipinski definition) is 5. The maximum Gasteiger partial charge on any atom is 0.151 e. The average molecular weight is 268 g/mol. The molecule has 1 rings (SSSR count). The standard InChI is InChI=1S/C13H24N4S/c1-5-14-10-12-6-7-13(16-15-12)17(3)11(2)8-9-18-4/h6-7,11,14H,5,8-10H2,1-4H3.